The van der Waals surface area contributed by atoms with Gasteiger partial charge in [-0.3, -0.25) is 9.59 Å². The molecule has 0 aromatic carbocycles. The van der Waals surface area contributed by atoms with E-state index >= 15 is 0 Å². The zero-order chi connectivity index (χ0) is 20.7. The van der Waals surface area contributed by atoms with Crippen molar-refractivity contribution >= 4 is 18.0 Å². The fourth-order valence-electron chi connectivity index (χ4n) is 3.59. The molecule has 1 aliphatic rings. The van der Waals surface area contributed by atoms with Gasteiger partial charge in [0.25, 0.3) is 0 Å². The average Bonchev–Trinajstić information content (AvgIpc) is 2.50. The van der Waals surface area contributed by atoms with Crippen LogP contribution in [0.4, 0.5) is 4.79 Å². The minimum absolute atomic E-state index is 0.0572. The second-order valence-corrected chi connectivity index (χ2v) is 9.18. The van der Waals surface area contributed by atoms with Crippen LogP contribution in [0.25, 0.3) is 0 Å². The Balaban J connectivity index is 2.73. The Bertz CT molecular complexity index is 519. The van der Waals surface area contributed by atoms with Crippen LogP contribution in [0, 0.1) is 11.3 Å². The molecule has 156 valence electrons. The first-order valence-electron chi connectivity index (χ1n) is 9.91. The van der Waals surface area contributed by atoms with Gasteiger partial charge in [-0.05, 0) is 51.4 Å². The lowest BCUT2D eigenvalue weighted by Crippen LogP contribution is -2.51. The molecule has 7 nitrogen and oxygen atoms in total. The Morgan fingerprint density at radius 3 is 2.19 bits per heavy atom. The maximum absolute atomic E-state index is 12.7. The van der Waals surface area contributed by atoms with Crippen LogP contribution in [0.3, 0.4) is 0 Å². The molecule has 27 heavy (non-hydrogen) atoms. The molecule has 0 aromatic heterocycles. The predicted molar refractivity (Wildman–Crippen MR) is 103 cm³/mol. The number of ether oxygens (including phenoxy) is 1. The highest BCUT2D eigenvalue weighted by Gasteiger charge is 2.35. The summed E-state index contributed by atoms with van der Waals surface area (Å²) in [6.07, 6.45) is 4.58. The van der Waals surface area contributed by atoms with Crippen LogP contribution in [0.5, 0.6) is 0 Å². The van der Waals surface area contributed by atoms with Gasteiger partial charge < -0.3 is 20.5 Å². The van der Waals surface area contributed by atoms with Gasteiger partial charge in [0.05, 0.1) is 6.42 Å². The van der Waals surface area contributed by atoms with Gasteiger partial charge in [0.15, 0.2) is 0 Å². The molecular weight excluding hydrogens is 348 g/mol. The molecule has 0 saturated heterocycles. The van der Waals surface area contributed by atoms with Crippen molar-refractivity contribution in [3.05, 3.63) is 0 Å². The Kier molecular flexibility index (Phi) is 8.57. The standard InChI is InChI=1S/C20H36N2O5/c1-14(2)11-15(22-18(26)27-19(3,4)5)17(25)21-13-20(12-16(23)24)9-7-6-8-10-20/h14-15H,6-13H2,1-5H3,(H,21,25)(H,22,26)(H,23,24). The number of nitrogens with one attached hydrogen (secondary N) is 2. The number of alkyl carbamates (subject to hydrolysis) is 1. The molecular formula is C20H36N2O5. The summed E-state index contributed by atoms with van der Waals surface area (Å²) in [5.41, 5.74) is -1.04. The van der Waals surface area contributed by atoms with E-state index in [2.05, 4.69) is 10.6 Å². The van der Waals surface area contributed by atoms with Crippen molar-refractivity contribution in [3.8, 4) is 0 Å². The van der Waals surface area contributed by atoms with Crippen LogP contribution >= 0.6 is 0 Å². The SMILES string of the molecule is CC(C)CC(NC(=O)OC(C)(C)C)C(=O)NCC1(CC(=O)O)CCCCC1. The minimum Gasteiger partial charge on any atom is -0.481 e. The van der Waals surface area contributed by atoms with Gasteiger partial charge in [-0.25, -0.2) is 4.79 Å². The summed E-state index contributed by atoms with van der Waals surface area (Å²) in [5, 5.41) is 14.8. The molecule has 0 bridgehead atoms. The third kappa shape index (κ3) is 9.11. The lowest BCUT2D eigenvalue weighted by molar-refractivity contribution is -0.140. The van der Waals surface area contributed by atoms with Crippen molar-refractivity contribution in [2.24, 2.45) is 11.3 Å². The molecule has 2 amide bonds. The number of rotatable bonds is 8. The normalized spacial score (nSPS) is 17.9. The molecule has 0 radical (unpaired) electrons. The summed E-state index contributed by atoms with van der Waals surface area (Å²) in [4.78, 5) is 36.1. The lowest BCUT2D eigenvalue weighted by atomic mass is 9.71. The largest absolute Gasteiger partial charge is 0.481 e. The number of carbonyl (C=O) groups is 3. The van der Waals surface area contributed by atoms with E-state index < -0.39 is 29.1 Å². The van der Waals surface area contributed by atoms with Crippen LogP contribution in [-0.4, -0.2) is 41.3 Å². The number of aliphatic carboxylic acids is 1. The summed E-state index contributed by atoms with van der Waals surface area (Å²) in [6, 6.07) is -0.703. The van der Waals surface area contributed by atoms with Crippen molar-refractivity contribution < 1.29 is 24.2 Å². The summed E-state index contributed by atoms with van der Waals surface area (Å²) >= 11 is 0. The molecule has 1 fully saturated rings. The molecule has 1 aliphatic carbocycles. The number of hydrogen-bond donors (Lipinski definition) is 3. The molecule has 1 saturated carbocycles. The Morgan fingerprint density at radius 1 is 1.11 bits per heavy atom. The highest BCUT2D eigenvalue weighted by Crippen LogP contribution is 2.38. The Hall–Kier alpha value is -1.79. The topological polar surface area (TPSA) is 105 Å². The van der Waals surface area contributed by atoms with E-state index in [0.29, 0.717) is 13.0 Å². The highest BCUT2D eigenvalue weighted by molar-refractivity contribution is 5.85. The van der Waals surface area contributed by atoms with Crippen molar-refractivity contribution in [2.45, 2.75) is 91.2 Å². The van der Waals surface area contributed by atoms with Crippen molar-refractivity contribution in [2.75, 3.05) is 6.54 Å². The second kappa shape index (κ2) is 9.95. The zero-order valence-corrected chi connectivity index (χ0v) is 17.4. The van der Waals surface area contributed by atoms with E-state index in [4.69, 9.17) is 4.74 Å². The van der Waals surface area contributed by atoms with Crippen LogP contribution in [0.15, 0.2) is 0 Å². The summed E-state index contributed by atoms with van der Waals surface area (Å²) in [7, 11) is 0. The third-order valence-corrected chi connectivity index (χ3v) is 4.79. The number of hydrogen-bond acceptors (Lipinski definition) is 4. The second-order valence-electron chi connectivity index (χ2n) is 9.18. The zero-order valence-electron chi connectivity index (χ0n) is 17.4. The lowest BCUT2D eigenvalue weighted by Gasteiger charge is -2.36. The number of amides is 2. The van der Waals surface area contributed by atoms with Gasteiger partial charge in [0.2, 0.25) is 5.91 Å². The molecule has 0 spiro atoms. The highest BCUT2D eigenvalue weighted by atomic mass is 16.6. The minimum atomic E-state index is -0.836. The van der Waals surface area contributed by atoms with Gasteiger partial charge >= 0.3 is 12.1 Å². The van der Waals surface area contributed by atoms with Crippen LogP contribution < -0.4 is 10.6 Å². The molecule has 1 rings (SSSR count). The van der Waals surface area contributed by atoms with Crippen molar-refractivity contribution in [3.63, 3.8) is 0 Å². The van der Waals surface area contributed by atoms with Crippen LogP contribution in [0.1, 0.15) is 79.6 Å². The summed E-state index contributed by atoms with van der Waals surface area (Å²) < 4.78 is 5.26. The molecule has 0 heterocycles. The molecule has 7 heteroatoms. The van der Waals surface area contributed by atoms with Crippen molar-refractivity contribution in [1.82, 2.24) is 10.6 Å². The fourth-order valence-corrected chi connectivity index (χ4v) is 3.59. The Morgan fingerprint density at radius 2 is 1.70 bits per heavy atom. The predicted octanol–water partition coefficient (Wildman–Crippen LogP) is 3.47. The van der Waals surface area contributed by atoms with E-state index in [-0.39, 0.29) is 18.2 Å². The van der Waals surface area contributed by atoms with E-state index in [1.54, 1.807) is 20.8 Å². The smallest absolute Gasteiger partial charge is 0.408 e. The first kappa shape index (κ1) is 23.2. The van der Waals surface area contributed by atoms with E-state index in [1.165, 1.54) is 0 Å². The van der Waals surface area contributed by atoms with Crippen LogP contribution in [0.2, 0.25) is 0 Å². The van der Waals surface area contributed by atoms with Gasteiger partial charge in [-0.1, -0.05) is 33.1 Å². The molecule has 0 aliphatic heterocycles. The van der Waals surface area contributed by atoms with Crippen LogP contribution in [-0.2, 0) is 14.3 Å². The number of carboxylic acid groups (broad SMARTS) is 1. The molecule has 1 unspecified atom stereocenters. The van der Waals surface area contributed by atoms with Gasteiger partial charge in [-0.2, -0.15) is 0 Å². The average molecular weight is 385 g/mol. The van der Waals surface area contributed by atoms with Gasteiger partial charge in [0, 0.05) is 6.54 Å². The molecule has 0 aromatic rings. The number of carbonyl (C=O) groups excluding carboxylic acids is 2. The first-order valence-corrected chi connectivity index (χ1v) is 9.91. The van der Waals surface area contributed by atoms with Gasteiger partial charge in [-0.15, -0.1) is 0 Å². The quantitative estimate of drug-likeness (QED) is 0.594. The van der Waals surface area contributed by atoms with E-state index in [1.807, 2.05) is 13.8 Å². The number of carboxylic acids is 1. The maximum Gasteiger partial charge on any atom is 0.408 e. The third-order valence-electron chi connectivity index (χ3n) is 4.79. The fraction of sp³-hybridized carbons (Fsp3) is 0.850. The summed E-state index contributed by atoms with van der Waals surface area (Å²) in [6.45, 7) is 9.57. The van der Waals surface area contributed by atoms with E-state index in [0.717, 1.165) is 32.1 Å². The monoisotopic (exact) mass is 384 g/mol. The first-order chi connectivity index (χ1) is 12.4. The Labute approximate surface area is 162 Å². The maximum atomic E-state index is 12.7. The summed E-state index contributed by atoms with van der Waals surface area (Å²) in [5.74, 6) is -0.917. The van der Waals surface area contributed by atoms with E-state index in [9.17, 15) is 19.5 Å². The van der Waals surface area contributed by atoms with Crippen molar-refractivity contribution in [1.29, 1.82) is 0 Å². The molecule has 1 atom stereocenters. The van der Waals surface area contributed by atoms with Gasteiger partial charge in [0.1, 0.15) is 11.6 Å². The molecule has 3 N–H and O–H groups in total.